The molecule has 1 aliphatic heterocycles. The lowest BCUT2D eigenvalue weighted by Crippen LogP contribution is -2.45. The van der Waals surface area contributed by atoms with Gasteiger partial charge in [-0.05, 0) is 31.5 Å². The zero-order valence-corrected chi connectivity index (χ0v) is 10.9. The molecule has 0 aromatic heterocycles. The predicted molar refractivity (Wildman–Crippen MR) is 71.5 cm³/mol. The number of hydrogen-bond donors (Lipinski definition) is 2. The molecule has 2 N–H and O–H groups in total. The van der Waals surface area contributed by atoms with Gasteiger partial charge in [-0.25, -0.2) is 0 Å². The third-order valence-corrected chi connectivity index (χ3v) is 3.35. The van der Waals surface area contributed by atoms with E-state index in [1.807, 2.05) is 0 Å². The average molecular weight is 284 g/mol. The number of carbonyl (C=O) groups excluding carboxylic acids is 1. The summed E-state index contributed by atoms with van der Waals surface area (Å²) in [5, 5.41) is 16.9. The SMILES string of the molecule is O=C(N[C@H]1CCCNC1)c1cccc(Cl)c1[N+](=O)[O-]. The number of benzene rings is 1. The Morgan fingerprint density at radius 2 is 2.32 bits per heavy atom. The van der Waals surface area contributed by atoms with Gasteiger partial charge in [0.05, 0.1) is 4.92 Å². The van der Waals surface area contributed by atoms with E-state index in [0.29, 0.717) is 6.54 Å². The van der Waals surface area contributed by atoms with E-state index in [1.165, 1.54) is 18.2 Å². The first-order valence-corrected chi connectivity index (χ1v) is 6.42. The van der Waals surface area contributed by atoms with Gasteiger partial charge in [0, 0.05) is 12.6 Å². The van der Waals surface area contributed by atoms with Crippen LogP contribution in [0.4, 0.5) is 5.69 Å². The number of nitro groups is 1. The van der Waals surface area contributed by atoms with Crippen LogP contribution in [0.2, 0.25) is 5.02 Å². The maximum atomic E-state index is 12.1. The molecule has 1 fully saturated rings. The highest BCUT2D eigenvalue weighted by Crippen LogP contribution is 2.28. The fourth-order valence-electron chi connectivity index (χ4n) is 2.12. The highest BCUT2D eigenvalue weighted by atomic mass is 35.5. The van der Waals surface area contributed by atoms with E-state index >= 15 is 0 Å². The van der Waals surface area contributed by atoms with Crippen molar-refractivity contribution in [2.24, 2.45) is 0 Å². The molecule has 19 heavy (non-hydrogen) atoms. The smallest absolute Gasteiger partial charge is 0.300 e. The van der Waals surface area contributed by atoms with Gasteiger partial charge < -0.3 is 10.6 Å². The van der Waals surface area contributed by atoms with E-state index in [4.69, 9.17) is 11.6 Å². The van der Waals surface area contributed by atoms with Crippen LogP contribution in [0, 0.1) is 10.1 Å². The standard InChI is InChI=1S/C12H14ClN3O3/c13-10-5-1-4-9(11(10)16(18)19)12(17)15-8-3-2-6-14-7-8/h1,4-5,8,14H,2-3,6-7H2,(H,15,17)/t8-/m0/s1. The number of nitro benzene ring substituents is 1. The lowest BCUT2D eigenvalue weighted by atomic mass is 10.1. The third-order valence-electron chi connectivity index (χ3n) is 3.05. The Morgan fingerprint density at radius 3 is 2.95 bits per heavy atom. The summed E-state index contributed by atoms with van der Waals surface area (Å²) < 4.78 is 0. The molecule has 1 amide bonds. The quantitative estimate of drug-likeness (QED) is 0.653. The second kappa shape index (κ2) is 5.99. The molecule has 0 aliphatic carbocycles. The van der Waals surface area contributed by atoms with Gasteiger partial charge >= 0.3 is 5.69 Å². The number of hydrogen-bond acceptors (Lipinski definition) is 4. The molecule has 102 valence electrons. The van der Waals surface area contributed by atoms with Crippen LogP contribution in [0.25, 0.3) is 0 Å². The van der Waals surface area contributed by atoms with Crippen molar-refractivity contribution in [2.45, 2.75) is 18.9 Å². The Labute approximate surface area is 115 Å². The number of carbonyl (C=O) groups is 1. The largest absolute Gasteiger partial charge is 0.348 e. The molecule has 1 aromatic carbocycles. The van der Waals surface area contributed by atoms with E-state index in [9.17, 15) is 14.9 Å². The van der Waals surface area contributed by atoms with Crippen molar-refractivity contribution >= 4 is 23.2 Å². The van der Waals surface area contributed by atoms with Crippen molar-refractivity contribution in [3.8, 4) is 0 Å². The number of halogens is 1. The summed E-state index contributed by atoms with van der Waals surface area (Å²) in [4.78, 5) is 22.4. The highest BCUT2D eigenvalue weighted by molar-refractivity contribution is 6.33. The van der Waals surface area contributed by atoms with Gasteiger partial charge in [-0.2, -0.15) is 0 Å². The lowest BCUT2D eigenvalue weighted by molar-refractivity contribution is -0.385. The van der Waals surface area contributed by atoms with Crippen LogP contribution in [0.5, 0.6) is 0 Å². The van der Waals surface area contributed by atoms with Gasteiger partial charge in [-0.1, -0.05) is 17.7 Å². The minimum absolute atomic E-state index is 0.000152. The molecule has 6 nitrogen and oxygen atoms in total. The normalized spacial score (nSPS) is 18.9. The van der Waals surface area contributed by atoms with E-state index < -0.39 is 10.8 Å². The van der Waals surface area contributed by atoms with Gasteiger partial charge in [0.25, 0.3) is 5.91 Å². The first-order chi connectivity index (χ1) is 9.09. The molecule has 1 heterocycles. The highest BCUT2D eigenvalue weighted by Gasteiger charge is 2.25. The van der Waals surface area contributed by atoms with E-state index in [-0.39, 0.29) is 22.3 Å². The number of nitrogens with one attached hydrogen (secondary N) is 2. The number of para-hydroxylation sites is 1. The van der Waals surface area contributed by atoms with Crippen LogP contribution in [-0.2, 0) is 0 Å². The number of rotatable bonds is 3. The lowest BCUT2D eigenvalue weighted by Gasteiger charge is -2.23. The molecule has 1 aliphatic rings. The molecule has 1 atom stereocenters. The van der Waals surface area contributed by atoms with Crippen molar-refractivity contribution in [1.29, 1.82) is 0 Å². The Balaban J connectivity index is 2.18. The van der Waals surface area contributed by atoms with Crippen LogP contribution in [0.15, 0.2) is 18.2 Å². The first-order valence-electron chi connectivity index (χ1n) is 6.04. The average Bonchev–Trinajstić information content (AvgIpc) is 2.39. The molecule has 2 rings (SSSR count). The van der Waals surface area contributed by atoms with Crippen LogP contribution < -0.4 is 10.6 Å². The topological polar surface area (TPSA) is 84.3 Å². The summed E-state index contributed by atoms with van der Waals surface area (Å²) >= 11 is 5.78. The minimum Gasteiger partial charge on any atom is -0.348 e. The molecular weight excluding hydrogens is 270 g/mol. The third kappa shape index (κ3) is 3.21. The summed E-state index contributed by atoms with van der Waals surface area (Å²) in [7, 11) is 0. The van der Waals surface area contributed by atoms with Crippen LogP contribution in [0.3, 0.4) is 0 Å². The van der Waals surface area contributed by atoms with Gasteiger partial charge in [0.2, 0.25) is 0 Å². The number of piperidine rings is 1. The van der Waals surface area contributed by atoms with Crippen LogP contribution in [-0.4, -0.2) is 30.0 Å². The second-order valence-electron chi connectivity index (χ2n) is 4.41. The summed E-state index contributed by atoms with van der Waals surface area (Å²) in [6.07, 6.45) is 1.84. The summed E-state index contributed by atoms with van der Waals surface area (Å²) in [5.74, 6) is -0.456. The van der Waals surface area contributed by atoms with Gasteiger partial charge in [0.1, 0.15) is 10.6 Å². The van der Waals surface area contributed by atoms with Crippen molar-refractivity contribution in [3.05, 3.63) is 38.9 Å². The van der Waals surface area contributed by atoms with E-state index in [0.717, 1.165) is 19.4 Å². The molecule has 0 unspecified atom stereocenters. The Kier molecular flexibility index (Phi) is 4.34. The zero-order chi connectivity index (χ0) is 13.8. The second-order valence-corrected chi connectivity index (χ2v) is 4.82. The maximum absolute atomic E-state index is 12.1. The molecule has 0 bridgehead atoms. The van der Waals surface area contributed by atoms with Crippen molar-refractivity contribution in [3.63, 3.8) is 0 Å². The summed E-state index contributed by atoms with van der Waals surface area (Å²) in [6.45, 7) is 1.61. The molecule has 0 spiro atoms. The molecular formula is C12H14ClN3O3. The monoisotopic (exact) mass is 283 g/mol. The van der Waals surface area contributed by atoms with E-state index in [2.05, 4.69) is 10.6 Å². The number of amides is 1. The van der Waals surface area contributed by atoms with E-state index in [1.54, 1.807) is 0 Å². The molecule has 0 radical (unpaired) electrons. The summed E-state index contributed by atoms with van der Waals surface area (Å²) in [6, 6.07) is 4.34. The van der Waals surface area contributed by atoms with Crippen molar-refractivity contribution in [2.75, 3.05) is 13.1 Å². The number of nitrogens with zero attached hydrogens (tertiary/aromatic N) is 1. The zero-order valence-electron chi connectivity index (χ0n) is 10.2. The first kappa shape index (κ1) is 13.8. The minimum atomic E-state index is -0.629. The van der Waals surface area contributed by atoms with Crippen molar-refractivity contribution < 1.29 is 9.72 Å². The van der Waals surface area contributed by atoms with Crippen molar-refractivity contribution in [1.82, 2.24) is 10.6 Å². The van der Waals surface area contributed by atoms with Crippen LogP contribution in [0.1, 0.15) is 23.2 Å². The fraction of sp³-hybridized carbons (Fsp3) is 0.417. The fourth-order valence-corrected chi connectivity index (χ4v) is 2.37. The maximum Gasteiger partial charge on any atom is 0.300 e. The van der Waals surface area contributed by atoms with Gasteiger partial charge in [-0.3, -0.25) is 14.9 Å². The summed E-state index contributed by atoms with van der Waals surface area (Å²) in [5.41, 5.74) is -0.339. The van der Waals surface area contributed by atoms with Gasteiger partial charge in [-0.15, -0.1) is 0 Å². The van der Waals surface area contributed by atoms with Crippen LogP contribution >= 0.6 is 11.6 Å². The predicted octanol–water partition coefficient (Wildman–Crippen LogP) is 1.73. The Bertz CT molecular complexity index is 501. The van der Waals surface area contributed by atoms with Gasteiger partial charge in [0.15, 0.2) is 0 Å². The molecule has 7 heteroatoms. The Morgan fingerprint density at radius 1 is 1.53 bits per heavy atom. The molecule has 1 aromatic rings. The Hall–Kier alpha value is -1.66. The molecule has 1 saturated heterocycles. The molecule has 0 saturated carbocycles.